The highest BCUT2D eigenvalue weighted by Gasteiger charge is 2.32. The van der Waals surface area contributed by atoms with Crippen molar-refractivity contribution in [2.75, 3.05) is 13.1 Å². The molecule has 0 aromatic carbocycles. The number of hydrogen-bond acceptors (Lipinski definition) is 3. The molecular weight excluding hydrogens is 218 g/mol. The molecule has 0 N–H and O–H groups in total. The van der Waals surface area contributed by atoms with Crippen LogP contribution in [0.1, 0.15) is 27.2 Å². The second-order valence-corrected chi connectivity index (χ2v) is 5.09. The van der Waals surface area contributed by atoms with Crippen molar-refractivity contribution in [2.24, 2.45) is 5.92 Å². The molecule has 86 valence electrons. The molecule has 0 bridgehead atoms. The van der Waals surface area contributed by atoms with Crippen LogP contribution in [0.15, 0.2) is 0 Å². The van der Waals surface area contributed by atoms with Crippen LogP contribution in [-0.2, 0) is 9.53 Å². The Kier molecular flexibility index (Phi) is 3.60. The monoisotopic (exact) mass is 233 g/mol. The summed E-state index contributed by atoms with van der Waals surface area (Å²) in [6, 6.07) is 0. The third-order valence-corrected chi connectivity index (χ3v) is 2.47. The zero-order valence-corrected chi connectivity index (χ0v) is 10.0. The minimum atomic E-state index is -0.500. The third-order valence-electron chi connectivity index (χ3n) is 2.16. The van der Waals surface area contributed by atoms with Gasteiger partial charge in [-0.15, -0.1) is 0 Å². The summed E-state index contributed by atoms with van der Waals surface area (Å²) in [5.41, 5.74) is -0.500. The van der Waals surface area contributed by atoms with Gasteiger partial charge >= 0.3 is 6.09 Å². The molecule has 0 radical (unpaired) electrons. The van der Waals surface area contributed by atoms with Gasteiger partial charge in [0.2, 0.25) is 5.24 Å². The minimum absolute atomic E-state index is 0.237. The van der Waals surface area contributed by atoms with Crippen molar-refractivity contribution >= 4 is 22.9 Å². The first-order chi connectivity index (χ1) is 6.79. The largest absolute Gasteiger partial charge is 0.444 e. The number of nitrogens with zero attached hydrogens (tertiary/aromatic N) is 1. The molecule has 0 unspecified atom stereocenters. The van der Waals surface area contributed by atoms with Crippen LogP contribution in [-0.4, -0.2) is 34.9 Å². The Balaban J connectivity index is 2.47. The second-order valence-electron chi connectivity index (χ2n) is 4.72. The lowest BCUT2D eigenvalue weighted by atomic mass is 10.1. The maximum absolute atomic E-state index is 11.6. The van der Waals surface area contributed by atoms with E-state index in [9.17, 15) is 9.59 Å². The summed E-state index contributed by atoms with van der Waals surface area (Å²) >= 11 is 5.37. The summed E-state index contributed by atoms with van der Waals surface area (Å²) in [5.74, 6) is -0.237. The summed E-state index contributed by atoms with van der Waals surface area (Å²) in [4.78, 5) is 24.0. The van der Waals surface area contributed by atoms with Gasteiger partial charge in [-0.2, -0.15) is 0 Å². The lowest BCUT2D eigenvalue weighted by molar-refractivity contribution is -0.114. The molecule has 4 nitrogen and oxygen atoms in total. The SMILES string of the molecule is CC(C)(C)OC(=O)N1CC[C@H](C(=O)Cl)C1. The molecule has 0 aromatic heterocycles. The van der Waals surface area contributed by atoms with E-state index in [4.69, 9.17) is 16.3 Å². The third kappa shape index (κ3) is 3.70. The molecule has 0 aromatic rings. The molecule has 1 saturated heterocycles. The van der Waals surface area contributed by atoms with Gasteiger partial charge in [0, 0.05) is 13.1 Å². The van der Waals surface area contributed by atoms with Crippen LogP contribution in [0.25, 0.3) is 0 Å². The Morgan fingerprint density at radius 3 is 2.40 bits per heavy atom. The molecule has 1 aliphatic heterocycles. The van der Waals surface area contributed by atoms with Crippen molar-refractivity contribution in [3.05, 3.63) is 0 Å². The highest BCUT2D eigenvalue weighted by atomic mass is 35.5. The highest BCUT2D eigenvalue weighted by Crippen LogP contribution is 2.21. The fourth-order valence-electron chi connectivity index (χ4n) is 1.44. The summed E-state index contributed by atoms with van der Waals surface area (Å²) in [5, 5.41) is -0.374. The maximum atomic E-state index is 11.6. The van der Waals surface area contributed by atoms with Gasteiger partial charge in [0.15, 0.2) is 0 Å². The molecule has 0 saturated carbocycles. The first-order valence-electron chi connectivity index (χ1n) is 4.97. The van der Waals surface area contributed by atoms with Crippen molar-refractivity contribution in [1.82, 2.24) is 4.90 Å². The van der Waals surface area contributed by atoms with E-state index in [-0.39, 0.29) is 17.3 Å². The number of ether oxygens (including phenoxy) is 1. The van der Waals surface area contributed by atoms with Crippen LogP contribution in [0, 0.1) is 5.92 Å². The summed E-state index contributed by atoms with van der Waals surface area (Å²) < 4.78 is 5.18. The molecule has 5 heteroatoms. The molecule has 0 aliphatic carbocycles. The average molecular weight is 234 g/mol. The molecule has 1 fully saturated rings. The number of likely N-dealkylation sites (tertiary alicyclic amines) is 1. The Bertz CT molecular complexity index is 272. The van der Waals surface area contributed by atoms with Gasteiger partial charge in [-0.1, -0.05) is 0 Å². The summed E-state index contributed by atoms with van der Waals surface area (Å²) in [7, 11) is 0. The molecular formula is C10H16ClNO3. The van der Waals surface area contributed by atoms with Crippen LogP contribution in [0.4, 0.5) is 4.79 Å². The minimum Gasteiger partial charge on any atom is -0.444 e. The molecule has 1 heterocycles. The number of carbonyl (C=O) groups excluding carboxylic acids is 2. The number of halogens is 1. The van der Waals surface area contributed by atoms with Crippen LogP contribution in [0.3, 0.4) is 0 Å². The average Bonchev–Trinajstić information content (AvgIpc) is 2.47. The van der Waals surface area contributed by atoms with Gasteiger partial charge in [0.1, 0.15) is 5.60 Å². The van der Waals surface area contributed by atoms with Crippen LogP contribution in [0.2, 0.25) is 0 Å². The molecule has 1 amide bonds. The zero-order chi connectivity index (χ0) is 11.6. The van der Waals surface area contributed by atoms with E-state index in [2.05, 4.69) is 0 Å². The van der Waals surface area contributed by atoms with E-state index in [1.54, 1.807) is 0 Å². The van der Waals surface area contributed by atoms with Crippen LogP contribution < -0.4 is 0 Å². The van der Waals surface area contributed by atoms with Gasteiger partial charge < -0.3 is 9.64 Å². The molecule has 1 atom stereocenters. The smallest absolute Gasteiger partial charge is 0.410 e. The fraction of sp³-hybridized carbons (Fsp3) is 0.800. The van der Waals surface area contributed by atoms with E-state index >= 15 is 0 Å². The highest BCUT2D eigenvalue weighted by molar-refractivity contribution is 6.64. The lowest BCUT2D eigenvalue weighted by Crippen LogP contribution is -2.35. The van der Waals surface area contributed by atoms with E-state index in [1.165, 1.54) is 4.90 Å². The van der Waals surface area contributed by atoms with E-state index in [0.29, 0.717) is 19.5 Å². The van der Waals surface area contributed by atoms with Gasteiger partial charge in [-0.25, -0.2) is 4.79 Å². The summed E-state index contributed by atoms with van der Waals surface area (Å²) in [6.07, 6.45) is 0.254. The number of rotatable bonds is 1. The predicted molar refractivity (Wildman–Crippen MR) is 56.8 cm³/mol. The molecule has 1 aliphatic rings. The number of hydrogen-bond donors (Lipinski definition) is 0. The topological polar surface area (TPSA) is 46.6 Å². The Morgan fingerprint density at radius 1 is 1.40 bits per heavy atom. The molecule has 1 rings (SSSR count). The van der Waals surface area contributed by atoms with E-state index < -0.39 is 5.60 Å². The van der Waals surface area contributed by atoms with Crippen molar-refractivity contribution in [3.63, 3.8) is 0 Å². The van der Waals surface area contributed by atoms with Crippen molar-refractivity contribution in [3.8, 4) is 0 Å². The number of amides is 1. The maximum Gasteiger partial charge on any atom is 0.410 e. The van der Waals surface area contributed by atoms with E-state index in [0.717, 1.165) is 0 Å². The lowest BCUT2D eigenvalue weighted by Gasteiger charge is -2.24. The number of carbonyl (C=O) groups is 2. The van der Waals surface area contributed by atoms with Crippen LogP contribution >= 0.6 is 11.6 Å². The molecule has 15 heavy (non-hydrogen) atoms. The Morgan fingerprint density at radius 2 is 2.00 bits per heavy atom. The zero-order valence-electron chi connectivity index (χ0n) is 9.25. The fourth-order valence-corrected chi connectivity index (χ4v) is 1.62. The first-order valence-corrected chi connectivity index (χ1v) is 5.34. The predicted octanol–water partition coefficient (Wildman–Crippen LogP) is 2.01. The second kappa shape index (κ2) is 4.39. The van der Waals surface area contributed by atoms with Crippen molar-refractivity contribution < 1.29 is 14.3 Å². The van der Waals surface area contributed by atoms with Gasteiger partial charge in [-0.3, -0.25) is 4.79 Å². The van der Waals surface area contributed by atoms with Gasteiger partial charge in [0.25, 0.3) is 0 Å². The van der Waals surface area contributed by atoms with Gasteiger partial charge in [0.05, 0.1) is 5.92 Å². The normalized spacial score (nSPS) is 21.6. The van der Waals surface area contributed by atoms with Crippen LogP contribution in [0.5, 0.6) is 0 Å². The standard InChI is InChI=1S/C10H16ClNO3/c1-10(2,3)15-9(14)12-5-4-7(6-12)8(11)13/h7H,4-6H2,1-3H3/t7-/m0/s1. The van der Waals surface area contributed by atoms with E-state index in [1.807, 2.05) is 20.8 Å². The summed E-state index contributed by atoms with van der Waals surface area (Å²) in [6.45, 7) is 6.34. The van der Waals surface area contributed by atoms with Crippen molar-refractivity contribution in [2.45, 2.75) is 32.8 Å². The van der Waals surface area contributed by atoms with Crippen molar-refractivity contribution in [1.29, 1.82) is 0 Å². The quantitative estimate of drug-likeness (QED) is 0.651. The first kappa shape index (κ1) is 12.3. The van der Waals surface area contributed by atoms with Gasteiger partial charge in [-0.05, 0) is 38.8 Å². The molecule has 0 spiro atoms. The Labute approximate surface area is 94.5 Å². The Hall–Kier alpha value is -0.770.